The van der Waals surface area contributed by atoms with Crippen molar-refractivity contribution >= 4 is 23.4 Å². The van der Waals surface area contributed by atoms with Gasteiger partial charge in [-0.1, -0.05) is 23.7 Å². The molecule has 0 saturated carbocycles. The zero-order valence-electron chi connectivity index (χ0n) is 14.4. The van der Waals surface area contributed by atoms with Gasteiger partial charge in [0.2, 0.25) is 5.91 Å². The first kappa shape index (κ1) is 17.0. The molecule has 3 heterocycles. The van der Waals surface area contributed by atoms with Gasteiger partial charge in [-0.15, -0.1) is 0 Å². The van der Waals surface area contributed by atoms with Crippen molar-refractivity contribution in [2.75, 3.05) is 19.6 Å². The van der Waals surface area contributed by atoms with Gasteiger partial charge in [-0.2, -0.15) is 0 Å². The largest absolute Gasteiger partial charge is 0.339 e. The molecule has 0 bridgehead atoms. The van der Waals surface area contributed by atoms with Crippen molar-refractivity contribution in [2.24, 2.45) is 5.41 Å². The fraction of sp³-hybridized carbons (Fsp3) is 0.350. The molecule has 1 aromatic heterocycles. The SMILES string of the molecule is O=C(c1cccc(Cl)c1)N1CCC2(CC1)CN(Cc1cccnc1)C2=O. The van der Waals surface area contributed by atoms with Gasteiger partial charge in [0, 0.05) is 49.2 Å². The molecule has 2 fully saturated rings. The maximum absolute atomic E-state index is 12.7. The summed E-state index contributed by atoms with van der Waals surface area (Å²) in [5, 5.41) is 0.560. The lowest BCUT2D eigenvalue weighted by Crippen LogP contribution is -2.64. The van der Waals surface area contributed by atoms with Crippen molar-refractivity contribution < 1.29 is 9.59 Å². The molecule has 4 rings (SSSR count). The van der Waals surface area contributed by atoms with Crippen LogP contribution < -0.4 is 0 Å². The van der Waals surface area contributed by atoms with Crippen LogP contribution >= 0.6 is 11.6 Å². The highest BCUT2D eigenvalue weighted by Crippen LogP contribution is 2.42. The standard InChI is InChI=1S/C20H20ClN3O2/c21-17-5-1-4-16(11-17)18(25)23-9-6-20(7-10-23)14-24(19(20)26)13-15-3-2-8-22-12-15/h1-5,8,11-12H,6-7,9-10,13-14H2. The predicted molar refractivity (Wildman–Crippen MR) is 98.7 cm³/mol. The number of carbonyl (C=O) groups excluding carboxylic acids is 2. The van der Waals surface area contributed by atoms with E-state index in [4.69, 9.17) is 11.6 Å². The molecule has 5 nitrogen and oxygen atoms in total. The number of hydrogen-bond acceptors (Lipinski definition) is 3. The average molecular weight is 370 g/mol. The molecule has 2 aliphatic rings. The first-order chi connectivity index (χ1) is 12.6. The van der Waals surface area contributed by atoms with Crippen LogP contribution in [0, 0.1) is 5.41 Å². The van der Waals surface area contributed by atoms with Crippen molar-refractivity contribution in [1.82, 2.24) is 14.8 Å². The topological polar surface area (TPSA) is 53.5 Å². The Kier molecular flexibility index (Phi) is 4.41. The Morgan fingerprint density at radius 1 is 1.19 bits per heavy atom. The molecule has 26 heavy (non-hydrogen) atoms. The Labute approximate surface area is 157 Å². The lowest BCUT2D eigenvalue weighted by atomic mass is 9.71. The summed E-state index contributed by atoms with van der Waals surface area (Å²) in [5.41, 5.74) is 1.36. The highest BCUT2D eigenvalue weighted by molar-refractivity contribution is 6.30. The van der Waals surface area contributed by atoms with E-state index < -0.39 is 0 Å². The summed E-state index contributed by atoms with van der Waals surface area (Å²) >= 11 is 5.98. The van der Waals surface area contributed by atoms with Gasteiger partial charge >= 0.3 is 0 Å². The normalized spacial score (nSPS) is 18.7. The number of piperidine rings is 1. The second-order valence-electron chi connectivity index (χ2n) is 7.11. The second-order valence-corrected chi connectivity index (χ2v) is 7.54. The Morgan fingerprint density at radius 3 is 2.65 bits per heavy atom. The molecular weight excluding hydrogens is 350 g/mol. The van der Waals surface area contributed by atoms with E-state index in [1.807, 2.05) is 21.9 Å². The fourth-order valence-electron chi connectivity index (χ4n) is 3.90. The molecule has 1 spiro atoms. The van der Waals surface area contributed by atoms with Crippen LogP contribution in [0.4, 0.5) is 0 Å². The van der Waals surface area contributed by atoms with E-state index in [2.05, 4.69) is 4.98 Å². The van der Waals surface area contributed by atoms with Crippen LogP contribution in [-0.2, 0) is 11.3 Å². The zero-order valence-corrected chi connectivity index (χ0v) is 15.2. The number of rotatable bonds is 3. The Hall–Kier alpha value is -2.40. The van der Waals surface area contributed by atoms with Crippen molar-refractivity contribution in [2.45, 2.75) is 19.4 Å². The number of benzene rings is 1. The molecule has 2 saturated heterocycles. The molecule has 0 radical (unpaired) electrons. The smallest absolute Gasteiger partial charge is 0.253 e. The summed E-state index contributed by atoms with van der Waals surface area (Å²) in [6.45, 7) is 2.59. The zero-order chi connectivity index (χ0) is 18.1. The van der Waals surface area contributed by atoms with Gasteiger partial charge in [-0.05, 0) is 42.7 Å². The Balaban J connectivity index is 1.35. The predicted octanol–water partition coefficient (Wildman–Crippen LogP) is 3.00. The van der Waals surface area contributed by atoms with Crippen LogP contribution in [0.3, 0.4) is 0 Å². The summed E-state index contributed by atoms with van der Waals surface area (Å²) < 4.78 is 0. The van der Waals surface area contributed by atoms with Gasteiger partial charge in [-0.25, -0.2) is 0 Å². The minimum absolute atomic E-state index is 0.0126. The highest BCUT2D eigenvalue weighted by atomic mass is 35.5. The van der Waals surface area contributed by atoms with E-state index in [-0.39, 0.29) is 17.2 Å². The van der Waals surface area contributed by atoms with Gasteiger partial charge in [0.25, 0.3) is 5.91 Å². The molecule has 2 aromatic rings. The monoisotopic (exact) mass is 369 g/mol. The van der Waals surface area contributed by atoms with Crippen molar-refractivity contribution in [3.05, 3.63) is 64.9 Å². The lowest BCUT2D eigenvalue weighted by molar-refractivity contribution is -0.165. The molecule has 0 N–H and O–H groups in total. The number of β-lactam (4-membered cyclic amide) rings is 1. The van der Waals surface area contributed by atoms with Crippen LogP contribution in [-0.4, -0.2) is 46.2 Å². The third-order valence-corrected chi connectivity index (χ3v) is 5.65. The summed E-state index contributed by atoms with van der Waals surface area (Å²) in [5.74, 6) is 0.192. The first-order valence-corrected chi connectivity index (χ1v) is 9.18. The van der Waals surface area contributed by atoms with E-state index in [9.17, 15) is 9.59 Å². The van der Waals surface area contributed by atoms with E-state index >= 15 is 0 Å². The van der Waals surface area contributed by atoms with E-state index in [0.717, 1.165) is 24.9 Å². The van der Waals surface area contributed by atoms with E-state index in [1.165, 1.54) is 0 Å². The minimum Gasteiger partial charge on any atom is -0.339 e. The van der Waals surface area contributed by atoms with Gasteiger partial charge in [0.15, 0.2) is 0 Å². The van der Waals surface area contributed by atoms with E-state index in [1.54, 1.807) is 36.7 Å². The molecule has 0 atom stereocenters. The maximum atomic E-state index is 12.7. The summed E-state index contributed by atoms with van der Waals surface area (Å²) in [6, 6.07) is 10.9. The fourth-order valence-corrected chi connectivity index (χ4v) is 4.09. The number of likely N-dealkylation sites (tertiary alicyclic amines) is 2. The van der Waals surface area contributed by atoms with Crippen molar-refractivity contribution in [3.63, 3.8) is 0 Å². The van der Waals surface area contributed by atoms with Crippen LogP contribution in [0.15, 0.2) is 48.8 Å². The summed E-state index contributed by atoms with van der Waals surface area (Å²) in [6.07, 6.45) is 4.98. The number of amides is 2. The third kappa shape index (κ3) is 3.07. The van der Waals surface area contributed by atoms with E-state index in [0.29, 0.717) is 30.2 Å². The maximum Gasteiger partial charge on any atom is 0.253 e. The van der Waals surface area contributed by atoms with Gasteiger partial charge in [0.1, 0.15) is 0 Å². The summed E-state index contributed by atoms with van der Waals surface area (Å²) in [4.78, 5) is 33.1. The number of carbonyl (C=O) groups is 2. The van der Waals surface area contributed by atoms with Crippen LogP contribution in [0.25, 0.3) is 0 Å². The van der Waals surface area contributed by atoms with Gasteiger partial charge in [-0.3, -0.25) is 14.6 Å². The molecule has 134 valence electrons. The highest BCUT2D eigenvalue weighted by Gasteiger charge is 2.53. The quantitative estimate of drug-likeness (QED) is 0.781. The third-order valence-electron chi connectivity index (χ3n) is 5.41. The van der Waals surface area contributed by atoms with Gasteiger partial charge < -0.3 is 9.80 Å². The van der Waals surface area contributed by atoms with Gasteiger partial charge in [0.05, 0.1) is 5.41 Å². The molecular formula is C20H20ClN3O2. The van der Waals surface area contributed by atoms with Crippen LogP contribution in [0.1, 0.15) is 28.8 Å². The van der Waals surface area contributed by atoms with Crippen LogP contribution in [0.2, 0.25) is 5.02 Å². The number of halogens is 1. The molecule has 6 heteroatoms. The number of nitrogens with zero attached hydrogens (tertiary/aromatic N) is 3. The second kappa shape index (κ2) is 6.72. The molecule has 1 aromatic carbocycles. The molecule has 2 aliphatic heterocycles. The van der Waals surface area contributed by atoms with Crippen molar-refractivity contribution in [3.8, 4) is 0 Å². The lowest BCUT2D eigenvalue weighted by Gasteiger charge is -2.52. The average Bonchev–Trinajstić information content (AvgIpc) is 2.68. The Morgan fingerprint density at radius 2 is 2.00 bits per heavy atom. The molecule has 0 unspecified atom stereocenters. The number of hydrogen-bond donors (Lipinski definition) is 0. The van der Waals surface area contributed by atoms with Crippen LogP contribution in [0.5, 0.6) is 0 Å². The Bertz CT molecular complexity index is 832. The molecule has 0 aliphatic carbocycles. The van der Waals surface area contributed by atoms with Crippen molar-refractivity contribution in [1.29, 1.82) is 0 Å². The minimum atomic E-state index is -0.284. The molecule has 2 amide bonds. The number of aromatic nitrogens is 1. The summed E-state index contributed by atoms with van der Waals surface area (Å²) in [7, 11) is 0. The number of pyridine rings is 1. The first-order valence-electron chi connectivity index (χ1n) is 8.81.